The van der Waals surface area contributed by atoms with E-state index in [4.69, 9.17) is 19.5 Å². The molecule has 30 heavy (non-hydrogen) atoms. The minimum absolute atomic E-state index is 0.137. The molecule has 3 aromatic rings. The van der Waals surface area contributed by atoms with E-state index in [2.05, 4.69) is 16.4 Å². The summed E-state index contributed by atoms with van der Waals surface area (Å²) in [5.41, 5.74) is 3.93. The van der Waals surface area contributed by atoms with Crippen LogP contribution < -0.4 is 10.1 Å². The Labute approximate surface area is 176 Å². The first-order valence-corrected chi connectivity index (χ1v) is 10.1. The summed E-state index contributed by atoms with van der Waals surface area (Å²) in [4.78, 5) is 4.43. The highest BCUT2D eigenvalue weighted by Gasteiger charge is 2.22. The summed E-state index contributed by atoms with van der Waals surface area (Å²) in [7, 11) is 1.67. The highest BCUT2D eigenvalue weighted by molar-refractivity contribution is 5.83. The van der Waals surface area contributed by atoms with Gasteiger partial charge in [0.15, 0.2) is 6.29 Å². The van der Waals surface area contributed by atoms with E-state index in [-0.39, 0.29) is 12.3 Å². The van der Waals surface area contributed by atoms with Crippen LogP contribution in [0, 0.1) is 11.3 Å². The molecule has 0 atom stereocenters. The first kappa shape index (κ1) is 20.3. The van der Waals surface area contributed by atoms with Crippen LogP contribution in [0.1, 0.15) is 23.1 Å². The first-order valence-electron chi connectivity index (χ1n) is 10.1. The van der Waals surface area contributed by atoms with Gasteiger partial charge in [0.25, 0.3) is 0 Å². The van der Waals surface area contributed by atoms with Crippen molar-refractivity contribution < 1.29 is 14.2 Å². The molecule has 154 valence electrons. The summed E-state index contributed by atoms with van der Waals surface area (Å²) in [6.45, 7) is 1.89. The lowest BCUT2D eigenvalue weighted by molar-refractivity contribution is -0.192. The molecule has 1 aromatic heterocycles. The third-order valence-corrected chi connectivity index (χ3v) is 5.31. The number of ether oxygens (including phenoxy) is 3. The van der Waals surface area contributed by atoms with Gasteiger partial charge in [0, 0.05) is 24.5 Å². The molecule has 0 saturated carbocycles. The molecule has 0 aliphatic carbocycles. The fraction of sp³-hybridized carbons (Fsp3) is 0.333. The van der Waals surface area contributed by atoms with Crippen LogP contribution in [0.25, 0.3) is 10.9 Å². The van der Waals surface area contributed by atoms with Crippen LogP contribution in [-0.4, -0.2) is 37.6 Å². The van der Waals surface area contributed by atoms with Crippen molar-refractivity contribution >= 4 is 10.9 Å². The zero-order chi connectivity index (χ0) is 20.8. The van der Waals surface area contributed by atoms with Crippen LogP contribution in [-0.2, 0) is 22.4 Å². The van der Waals surface area contributed by atoms with Crippen molar-refractivity contribution in [3.8, 4) is 11.8 Å². The number of methoxy groups -OCH3 is 1. The van der Waals surface area contributed by atoms with Gasteiger partial charge < -0.3 is 19.5 Å². The second-order valence-electron chi connectivity index (χ2n) is 7.38. The molecular formula is C24H25N3O3. The summed E-state index contributed by atoms with van der Waals surface area (Å²) >= 11 is 0. The Morgan fingerprint density at radius 3 is 2.83 bits per heavy atom. The average Bonchev–Trinajstić information content (AvgIpc) is 2.81. The molecule has 1 fully saturated rings. The van der Waals surface area contributed by atoms with Gasteiger partial charge in [-0.25, -0.2) is 0 Å². The van der Waals surface area contributed by atoms with Gasteiger partial charge >= 0.3 is 0 Å². The molecule has 6 nitrogen and oxygen atoms in total. The van der Waals surface area contributed by atoms with Crippen molar-refractivity contribution in [1.82, 2.24) is 10.3 Å². The third-order valence-electron chi connectivity index (χ3n) is 5.31. The lowest BCUT2D eigenvalue weighted by Crippen LogP contribution is -2.44. The Balaban J connectivity index is 1.27. The lowest BCUT2D eigenvalue weighted by Gasteiger charge is -2.30. The van der Waals surface area contributed by atoms with E-state index in [1.165, 1.54) is 5.56 Å². The zero-order valence-electron chi connectivity index (χ0n) is 17.0. The van der Waals surface area contributed by atoms with Crippen LogP contribution in [0.5, 0.6) is 5.75 Å². The number of hydrogen-bond donors (Lipinski definition) is 1. The van der Waals surface area contributed by atoms with Gasteiger partial charge in [0.2, 0.25) is 0 Å². The Morgan fingerprint density at radius 2 is 2.03 bits per heavy atom. The van der Waals surface area contributed by atoms with Crippen molar-refractivity contribution in [2.24, 2.45) is 0 Å². The monoisotopic (exact) mass is 403 g/mol. The Hall–Kier alpha value is -2.98. The molecule has 4 rings (SSSR count). The SMILES string of the molecule is COc1ccc2nccc(CC[C@H]3OC[C@H](NCc4cccc(C#N)c4)CO3)c2c1. The Kier molecular flexibility index (Phi) is 6.55. The molecule has 1 aliphatic rings. The number of fused-ring (bicyclic) bond motifs is 1. The van der Waals surface area contributed by atoms with E-state index in [0.717, 1.165) is 35.1 Å². The van der Waals surface area contributed by atoms with Crippen molar-refractivity contribution in [2.75, 3.05) is 20.3 Å². The number of aryl methyl sites for hydroxylation is 1. The summed E-state index contributed by atoms with van der Waals surface area (Å²) in [6.07, 6.45) is 3.26. The molecule has 2 heterocycles. The normalized spacial score (nSPS) is 18.8. The van der Waals surface area contributed by atoms with Crippen LogP contribution >= 0.6 is 0 Å². The van der Waals surface area contributed by atoms with Gasteiger partial charge in [-0.2, -0.15) is 5.26 Å². The van der Waals surface area contributed by atoms with E-state index < -0.39 is 0 Å². The zero-order valence-corrected chi connectivity index (χ0v) is 17.0. The molecule has 0 spiro atoms. The van der Waals surface area contributed by atoms with Gasteiger partial charge in [-0.05, 0) is 53.9 Å². The molecular weight excluding hydrogens is 378 g/mol. The van der Waals surface area contributed by atoms with Crippen molar-refractivity contribution in [2.45, 2.75) is 31.7 Å². The number of rotatable bonds is 7. The van der Waals surface area contributed by atoms with E-state index >= 15 is 0 Å². The third kappa shape index (κ3) is 4.95. The number of nitriles is 1. The topological polar surface area (TPSA) is 76.4 Å². The summed E-state index contributed by atoms with van der Waals surface area (Å²) in [5.74, 6) is 0.830. The maximum absolute atomic E-state index is 9.01. The van der Waals surface area contributed by atoms with Crippen LogP contribution in [0.3, 0.4) is 0 Å². The average molecular weight is 403 g/mol. The summed E-state index contributed by atoms with van der Waals surface area (Å²) in [5, 5.41) is 13.5. The van der Waals surface area contributed by atoms with Gasteiger partial charge in [-0.15, -0.1) is 0 Å². The number of pyridine rings is 1. The van der Waals surface area contributed by atoms with Crippen molar-refractivity contribution in [1.29, 1.82) is 5.26 Å². The first-order chi connectivity index (χ1) is 14.7. The molecule has 6 heteroatoms. The smallest absolute Gasteiger partial charge is 0.158 e. The van der Waals surface area contributed by atoms with Crippen LogP contribution in [0.15, 0.2) is 54.7 Å². The minimum Gasteiger partial charge on any atom is -0.497 e. The number of hydrogen-bond acceptors (Lipinski definition) is 6. The lowest BCUT2D eigenvalue weighted by atomic mass is 10.0. The second kappa shape index (κ2) is 9.68. The highest BCUT2D eigenvalue weighted by atomic mass is 16.7. The summed E-state index contributed by atoms with van der Waals surface area (Å²) < 4.78 is 17.2. The standard InChI is InChI=1S/C24H25N3O3/c1-28-21-6-7-23-22(12-21)19(9-10-26-23)5-8-24-29-15-20(16-30-24)27-14-18-4-2-3-17(11-18)13-25/h2-4,6-7,9-12,20,24,27H,5,8,14-16H2,1H3/t20-,24-. The molecule has 2 aromatic carbocycles. The number of benzene rings is 2. The maximum Gasteiger partial charge on any atom is 0.158 e. The van der Waals surface area contributed by atoms with E-state index in [1.54, 1.807) is 7.11 Å². The van der Waals surface area contributed by atoms with E-state index in [1.807, 2.05) is 54.7 Å². The number of aromatic nitrogens is 1. The van der Waals surface area contributed by atoms with Gasteiger partial charge in [-0.3, -0.25) is 4.98 Å². The fourth-order valence-electron chi connectivity index (χ4n) is 3.64. The van der Waals surface area contributed by atoms with E-state index in [9.17, 15) is 0 Å². The van der Waals surface area contributed by atoms with Crippen molar-refractivity contribution in [3.05, 3.63) is 71.4 Å². The largest absolute Gasteiger partial charge is 0.497 e. The highest BCUT2D eigenvalue weighted by Crippen LogP contribution is 2.24. The maximum atomic E-state index is 9.01. The van der Waals surface area contributed by atoms with Gasteiger partial charge in [0.1, 0.15) is 5.75 Å². The fourth-order valence-corrected chi connectivity index (χ4v) is 3.64. The molecule has 0 amide bonds. The van der Waals surface area contributed by atoms with Gasteiger partial charge in [-0.1, -0.05) is 12.1 Å². The minimum atomic E-state index is -0.209. The molecule has 1 aliphatic heterocycles. The Bertz CT molecular complexity index is 1040. The molecule has 0 unspecified atom stereocenters. The molecule has 0 radical (unpaired) electrons. The molecule has 1 saturated heterocycles. The van der Waals surface area contributed by atoms with E-state index in [0.29, 0.717) is 25.3 Å². The number of nitrogens with one attached hydrogen (secondary N) is 1. The van der Waals surface area contributed by atoms with Gasteiger partial charge in [0.05, 0.1) is 43.5 Å². The molecule has 1 N–H and O–H groups in total. The molecule has 0 bridgehead atoms. The predicted molar refractivity (Wildman–Crippen MR) is 114 cm³/mol. The van der Waals surface area contributed by atoms with Crippen molar-refractivity contribution in [3.63, 3.8) is 0 Å². The quantitative estimate of drug-likeness (QED) is 0.650. The van der Waals surface area contributed by atoms with Crippen LogP contribution in [0.2, 0.25) is 0 Å². The summed E-state index contributed by atoms with van der Waals surface area (Å²) in [6, 6.07) is 17.9. The van der Waals surface area contributed by atoms with Crippen LogP contribution in [0.4, 0.5) is 0 Å². The number of nitrogens with zero attached hydrogens (tertiary/aromatic N) is 2. The Morgan fingerprint density at radius 1 is 1.17 bits per heavy atom. The second-order valence-corrected chi connectivity index (χ2v) is 7.38. The predicted octanol–water partition coefficient (Wildman–Crippen LogP) is 3.58.